The molecule has 0 bridgehead atoms. The summed E-state index contributed by atoms with van der Waals surface area (Å²) in [5.74, 6) is -1.20. The largest absolute Gasteiger partial charge is 0.294 e. The Balaban J connectivity index is 3.53. The molecule has 0 spiro atoms. The Bertz CT molecular complexity index is 366. The molecule has 0 radical (unpaired) electrons. The average Bonchev–Trinajstić information content (AvgIpc) is 2.15. The zero-order chi connectivity index (χ0) is 11.8. The standard InChI is InChI=1S/C9H9F4NO/c1-9(2,15-14)6-7(12)4(10)3-5(11)8(6)13/h3H,14H2,1-2H3. The van der Waals surface area contributed by atoms with Crippen molar-refractivity contribution >= 4 is 0 Å². The molecule has 0 aromatic heterocycles. The van der Waals surface area contributed by atoms with Gasteiger partial charge in [-0.1, -0.05) is 0 Å². The Morgan fingerprint density at radius 1 is 1.07 bits per heavy atom. The van der Waals surface area contributed by atoms with E-state index in [9.17, 15) is 17.6 Å². The molecule has 0 aliphatic heterocycles. The Labute approximate surface area is 83.6 Å². The van der Waals surface area contributed by atoms with Gasteiger partial charge in [-0.2, -0.15) is 0 Å². The van der Waals surface area contributed by atoms with Crippen molar-refractivity contribution in [2.24, 2.45) is 5.90 Å². The van der Waals surface area contributed by atoms with Gasteiger partial charge in [0.25, 0.3) is 0 Å². The second-order valence-electron chi connectivity index (χ2n) is 3.47. The van der Waals surface area contributed by atoms with Gasteiger partial charge < -0.3 is 0 Å². The molecule has 15 heavy (non-hydrogen) atoms. The molecule has 2 N–H and O–H groups in total. The first-order valence-corrected chi connectivity index (χ1v) is 4.02. The van der Waals surface area contributed by atoms with Crippen LogP contribution in [0.4, 0.5) is 17.6 Å². The third-order valence-electron chi connectivity index (χ3n) is 2.01. The van der Waals surface area contributed by atoms with Gasteiger partial charge in [-0.25, -0.2) is 23.5 Å². The van der Waals surface area contributed by atoms with E-state index < -0.39 is 34.4 Å². The van der Waals surface area contributed by atoms with Crippen molar-refractivity contribution in [3.8, 4) is 0 Å². The molecule has 0 heterocycles. The number of hydrogen-bond donors (Lipinski definition) is 1. The van der Waals surface area contributed by atoms with Crippen LogP contribution in [-0.4, -0.2) is 0 Å². The zero-order valence-corrected chi connectivity index (χ0v) is 8.07. The first-order chi connectivity index (χ1) is 6.81. The van der Waals surface area contributed by atoms with Gasteiger partial charge in [0.15, 0.2) is 23.3 Å². The summed E-state index contributed by atoms with van der Waals surface area (Å²) < 4.78 is 52.0. The number of hydrogen-bond acceptors (Lipinski definition) is 2. The summed E-state index contributed by atoms with van der Waals surface area (Å²) >= 11 is 0. The highest BCUT2D eigenvalue weighted by molar-refractivity contribution is 5.27. The van der Waals surface area contributed by atoms with Gasteiger partial charge in [-0.05, 0) is 13.8 Å². The molecule has 0 amide bonds. The van der Waals surface area contributed by atoms with Crippen LogP contribution in [0.3, 0.4) is 0 Å². The second kappa shape index (κ2) is 3.79. The predicted molar refractivity (Wildman–Crippen MR) is 44.6 cm³/mol. The lowest BCUT2D eigenvalue weighted by Crippen LogP contribution is -2.29. The van der Waals surface area contributed by atoms with E-state index in [4.69, 9.17) is 5.90 Å². The molecular weight excluding hydrogens is 214 g/mol. The quantitative estimate of drug-likeness (QED) is 0.474. The van der Waals surface area contributed by atoms with Crippen molar-refractivity contribution in [2.45, 2.75) is 19.4 Å². The number of nitrogens with two attached hydrogens (primary N) is 1. The van der Waals surface area contributed by atoms with E-state index in [1.807, 2.05) is 0 Å². The Morgan fingerprint density at radius 3 is 1.80 bits per heavy atom. The predicted octanol–water partition coefficient (Wildman–Crippen LogP) is 2.37. The minimum atomic E-state index is -1.66. The lowest BCUT2D eigenvalue weighted by Gasteiger charge is -2.23. The smallest absolute Gasteiger partial charge is 0.168 e. The van der Waals surface area contributed by atoms with Gasteiger partial charge in [-0.3, -0.25) is 4.84 Å². The van der Waals surface area contributed by atoms with E-state index >= 15 is 0 Å². The lowest BCUT2D eigenvalue weighted by atomic mass is 9.96. The Morgan fingerprint density at radius 2 is 1.47 bits per heavy atom. The summed E-state index contributed by atoms with van der Waals surface area (Å²) in [6, 6.07) is 0.126. The summed E-state index contributed by atoms with van der Waals surface area (Å²) in [6.07, 6.45) is 0. The normalized spacial score (nSPS) is 11.9. The molecular formula is C9H9F4NO. The van der Waals surface area contributed by atoms with Crippen LogP contribution in [0.2, 0.25) is 0 Å². The highest BCUT2D eigenvalue weighted by Gasteiger charge is 2.32. The first-order valence-electron chi connectivity index (χ1n) is 4.02. The van der Waals surface area contributed by atoms with E-state index in [1.54, 1.807) is 0 Å². The van der Waals surface area contributed by atoms with Crippen LogP contribution in [0.1, 0.15) is 19.4 Å². The number of halogens is 4. The average molecular weight is 223 g/mol. The van der Waals surface area contributed by atoms with Gasteiger partial charge >= 0.3 is 0 Å². The fraction of sp³-hybridized carbons (Fsp3) is 0.333. The fourth-order valence-electron chi connectivity index (χ4n) is 1.16. The van der Waals surface area contributed by atoms with E-state index in [2.05, 4.69) is 4.84 Å². The summed E-state index contributed by atoms with van der Waals surface area (Å²) in [7, 11) is 0. The summed E-state index contributed by atoms with van der Waals surface area (Å²) in [4.78, 5) is 4.28. The molecule has 0 atom stereocenters. The van der Waals surface area contributed by atoms with Crippen molar-refractivity contribution in [3.05, 3.63) is 34.9 Å². The van der Waals surface area contributed by atoms with Crippen molar-refractivity contribution in [1.82, 2.24) is 0 Å². The van der Waals surface area contributed by atoms with E-state index in [0.29, 0.717) is 0 Å². The fourth-order valence-corrected chi connectivity index (χ4v) is 1.16. The van der Waals surface area contributed by atoms with E-state index in [1.165, 1.54) is 13.8 Å². The Kier molecular flexibility index (Phi) is 3.01. The molecule has 2 nitrogen and oxygen atoms in total. The lowest BCUT2D eigenvalue weighted by molar-refractivity contribution is -0.0295. The molecule has 0 aliphatic carbocycles. The number of benzene rings is 1. The minimum Gasteiger partial charge on any atom is -0.294 e. The molecule has 6 heteroatoms. The first kappa shape index (κ1) is 11.9. The van der Waals surface area contributed by atoms with Crippen molar-refractivity contribution in [1.29, 1.82) is 0 Å². The van der Waals surface area contributed by atoms with Gasteiger partial charge in [0.1, 0.15) is 5.60 Å². The van der Waals surface area contributed by atoms with Gasteiger partial charge in [0, 0.05) is 6.07 Å². The molecule has 1 aromatic rings. The number of rotatable bonds is 2. The van der Waals surface area contributed by atoms with Crippen LogP contribution in [0.15, 0.2) is 6.07 Å². The zero-order valence-electron chi connectivity index (χ0n) is 8.07. The van der Waals surface area contributed by atoms with Crippen LogP contribution >= 0.6 is 0 Å². The molecule has 84 valence electrons. The SMILES string of the molecule is CC(C)(ON)c1c(F)c(F)cc(F)c1F. The van der Waals surface area contributed by atoms with Crippen LogP contribution < -0.4 is 5.90 Å². The van der Waals surface area contributed by atoms with Crippen LogP contribution in [0.25, 0.3) is 0 Å². The molecule has 1 aromatic carbocycles. The third-order valence-corrected chi connectivity index (χ3v) is 2.01. The van der Waals surface area contributed by atoms with Crippen LogP contribution in [0, 0.1) is 23.3 Å². The second-order valence-corrected chi connectivity index (χ2v) is 3.47. The molecule has 0 aliphatic rings. The highest BCUT2D eigenvalue weighted by atomic mass is 19.2. The maximum Gasteiger partial charge on any atom is 0.168 e. The van der Waals surface area contributed by atoms with Crippen molar-refractivity contribution in [2.75, 3.05) is 0 Å². The van der Waals surface area contributed by atoms with Gasteiger partial charge in [0.2, 0.25) is 0 Å². The van der Waals surface area contributed by atoms with Crippen molar-refractivity contribution in [3.63, 3.8) is 0 Å². The summed E-state index contributed by atoms with van der Waals surface area (Å²) in [5, 5.41) is 0. The van der Waals surface area contributed by atoms with Gasteiger partial charge in [0.05, 0.1) is 5.56 Å². The summed E-state index contributed by atoms with van der Waals surface area (Å²) in [6.45, 7) is 2.38. The van der Waals surface area contributed by atoms with Crippen LogP contribution in [0.5, 0.6) is 0 Å². The molecule has 0 fully saturated rings. The summed E-state index contributed by atoms with van der Waals surface area (Å²) in [5.41, 5.74) is -2.53. The maximum atomic E-state index is 13.2. The van der Waals surface area contributed by atoms with Crippen LogP contribution in [-0.2, 0) is 10.4 Å². The molecule has 0 saturated carbocycles. The topological polar surface area (TPSA) is 35.2 Å². The van der Waals surface area contributed by atoms with Crippen molar-refractivity contribution < 1.29 is 22.4 Å². The highest BCUT2D eigenvalue weighted by Crippen LogP contribution is 2.30. The maximum absolute atomic E-state index is 13.2. The monoisotopic (exact) mass is 223 g/mol. The third kappa shape index (κ3) is 1.95. The minimum absolute atomic E-state index is 0.126. The van der Waals surface area contributed by atoms with E-state index in [-0.39, 0.29) is 6.07 Å². The Hall–Kier alpha value is -1.14. The molecule has 1 rings (SSSR count). The van der Waals surface area contributed by atoms with E-state index in [0.717, 1.165) is 0 Å². The van der Waals surface area contributed by atoms with Gasteiger partial charge in [-0.15, -0.1) is 0 Å². The molecule has 0 saturated heterocycles. The molecule has 0 unspecified atom stereocenters.